The van der Waals surface area contributed by atoms with Crippen LogP contribution in [0.3, 0.4) is 0 Å². The Morgan fingerprint density at radius 1 is 1.23 bits per heavy atom. The Labute approximate surface area is 200 Å². The minimum atomic E-state index is -3.12. The highest BCUT2D eigenvalue weighted by Crippen LogP contribution is 2.30. The van der Waals surface area contributed by atoms with Gasteiger partial charge in [-0.25, -0.2) is 9.97 Å². The quantitative estimate of drug-likeness (QED) is 0.538. The number of hydrogen-bond acceptors (Lipinski definition) is 8. The third-order valence-electron chi connectivity index (χ3n) is 5.75. The zero-order valence-corrected chi connectivity index (χ0v) is 19.0. The van der Waals surface area contributed by atoms with Gasteiger partial charge in [-0.3, -0.25) is 9.69 Å². The first-order valence-electron chi connectivity index (χ1n) is 11.3. The maximum atomic E-state index is 13.4. The van der Waals surface area contributed by atoms with Crippen LogP contribution in [0.25, 0.3) is 10.9 Å². The van der Waals surface area contributed by atoms with Gasteiger partial charge in [-0.2, -0.15) is 8.78 Å². The lowest BCUT2D eigenvalue weighted by molar-refractivity contribution is -0.271. The molecule has 2 N–H and O–H groups in total. The molecule has 0 aromatic carbocycles. The molecule has 5 rings (SSSR count). The lowest BCUT2D eigenvalue weighted by atomic mass is 10.1. The van der Waals surface area contributed by atoms with Crippen molar-refractivity contribution >= 4 is 28.4 Å². The molecule has 1 saturated heterocycles. The van der Waals surface area contributed by atoms with E-state index in [1.54, 1.807) is 36.5 Å². The summed E-state index contributed by atoms with van der Waals surface area (Å²) >= 11 is 0. The molecule has 1 amide bonds. The summed E-state index contributed by atoms with van der Waals surface area (Å²) in [6.45, 7) is 0.345. The van der Waals surface area contributed by atoms with E-state index in [-0.39, 0.29) is 18.4 Å². The van der Waals surface area contributed by atoms with E-state index in [0.717, 1.165) is 18.4 Å². The summed E-state index contributed by atoms with van der Waals surface area (Å²) in [6.07, 6.45) is 1.92. The van der Waals surface area contributed by atoms with Crippen molar-refractivity contribution in [2.75, 3.05) is 37.4 Å². The van der Waals surface area contributed by atoms with Crippen LogP contribution in [0, 0.1) is 17.8 Å². The number of aromatic nitrogens is 4. The van der Waals surface area contributed by atoms with Crippen LogP contribution in [0.4, 0.5) is 20.4 Å². The fraction of sp³-hybridized carbons (Fsp3) is 0.375. The molecule has 3 aromatic rings. The molecule has 1 aliphatic carbocycles. The molecule has 11 heteroatoms. The maximum Gasteiger partial charge on any atom is 0.368 e. The predicted octanol–water partition coefficient (Wildman–Crippen LogP) is 2.63. The molecule has 0 unspecified atom stereocenters. The third kappa shape index (κ3) is 5.50. The first-order valence-corrected chi connectivity index (χ1v) is 11.3. The molecule has 35 heavy (non-hydrogen) atoms. The number of fused-ring (bicyclic) bond motifs is 1. The Kier molecular flexibility index (Phi) is 6.23. The van der Waals surface area contributed by atoms with E-state index in [1.807, 2.05) is 6.07 Å². The third-order valence-corrected chi connectivity index (χ3v) is 5.75. The van der Waals surface area contributed by atoms with Gasteiger partial charge >= 0.3 is 6.11 Å². The molecule has 0 radical (unpaired) electrons. The van der Waals surface area contributed by atoms with Gasteiger partial charge in [0.25, 0.3) is 0 Å². The molecule has 9 nitrogen and oxygen atoms in total. The first kappa shape index (κ1) is 23.0. The van der Waals surface area contributed by atoms with E-state index < -0.39 is 12.7 Å². The van der Waals surface area contributed by atoms with E-state index in [4.69, 9.17) is 0 Å². The number of carbonyl (C=O) groups is 1. The first-order chi connectivity index (χ1) is 16.9. The normalized spacial score (nSPS) is 17.5. The molecule has 1 aliphatic heterocycles. The predicted molar refractivity (Wildman–Crippen MR) is 125 cm³/mol. The Morgan fingerprint density at radius 3 is 2.80 bits per heavy atom. The van der Waals surface area contributed by atoms with Crippen LogP contribution in [0.5, 0.6) is 0 Å². The van der Waals surface area contributed by atoms with Crippen molar-refractivity contribution < 1.29 is 18.3 Å². The van der Waals surface area contributed by atoms with Gasteiger partial charge in [0.1, 0.15) is 11.2 Å². The van der Waals surface area contributed by atoms with Gasteiger partial charge < -0.3 is 15.4 Å². The molecule has 0 bridgehead atoms. The highest BCUT2D eigenvalue weighted by molar-refractivity contribution is 5.97. The van der Waals surface area contributed by atoms with Crippen LogP contribution >= 0.6 is 0 Å². The van der Waals surface area contributed by atoms with Crippen molar-refractivity contribution in [3.05, 3.63) is 47.4 Å². The Bertz CT molecular complexity index is 1320. The van der Waals surface area contributed by atoms with Gasteiger partial charge in [-0.05, 0) is 36.5 Å². The van der Waals surface area contributed by atoms with Gasteiger partial charge in [-0.15, -0.1) is 10.2 Å². The second kappa shape index (κ2) is 9.48. The Balaban J connectivity index is 1.35. The lowest BCUT2D eigenvalue weighted by Gasteiger charge is -2.32. The van der Waals surface area contributed by atoms with Crippen LogP contribution in [-0.4, -0.2) is 63.8 Å². The van der Waals surface area contributed by atoms with Crippen LogP contribution in [-0.2, 0) is 16.1 Å². The van der Waals surface area contributed by atoms with Gasteiger partial charge in [0.05, 0.1) is 18.7 Å². The van der Waals surface area contributed by atoms with Gasteiger partial charge in [-0.1, -0.05) is 12.0 Å². The molecule has 2 fully saturated rings. The smallest absolute Gasteiger partial charge is 0.368 e. The minimum absolute atomic E-state index is 0.00528. The SMILES string of the molecule is CNc1ncc(C#Cc2ccc(CN3CCOC(F)(F)C3)cn2)c2cc(NC(=O)C3CC3)nnc12. The number of nitrogens with zero attached hydrogens (tertiary/aromatic N) is 5. The molecule has 1 saturated carbocycles. The number of pyridine rings is 2. The molecular weight excluding hydrogens is 456 g/mol. The zero-order chi connectivity index (χ0) is 24.4. The van der Waals surface area contributed by atoms with Crippen molar-refractivity contribution in [2.45, 2.75) is 25.5 Å². The number of ether oxygens (including phenoxy) is 1. The second-order valence-electron chi connectivity index (χ2n) is 8.52. The number of morpholine rings is 1. The molecule has 3 aromatic heterocycles. The van der Waals surface area contributed by atoms with Crippen LogP contribution < -0.4 is 10.6 Å². The van der Waals surface area contributed by atoms with Crippen LogP contribution in [0.15, 0.2) is 30.6 Å². The number of carbonyl (C=O) groups excluding carboxylic acids is 1. The van der Waals surface area contributed by atoms with Gasteiger partial charge in [0.15, 0.2) is 11.6 Å². The van der Waals surface area contributed by atoms with E-state index in [9.17, 15) is 13.6 Å². The Hall–Kier alpha value is -3.75. The maximum absolute atomic E-state index is 13.4. The molecule has 0 spiro atoms. The van der Waals surface area contributed by atoms with Gasteiger partial charge in [0, 0.05) is 43.8 Å². The number of rotatable bonds is 5. The topological polar surface area (TPSA) is 105 Å². The van der Waals surface area contributed by atoms with Crippen LogP contribution in [0.1, 0.15) is 29.7 Å². The fourth-order valence-electron chi connectivity index (χ4n) is 3.77. The highest BCUT2D eigenvalue weighted by atomic mass is 19.3. The Morgan fingerprint density at radius 2 is 2.09 bits per heavy atom. The number of alkyl halides is 2. The second-order valence-corrected chi connectivity index (χ2v) is 8.52. The fourth-order valence-corrected chi connectivity index (χ4v) is 3.77. The monoisotopic (exact) mass is 479 g/mol. The molecule has 180 valence electrons. The van der Waals surface area contributed by atoms with E-state index in [0.29, 0.717) is 46.9 Å². The zero-order valence-electron chi connectivity index (χ0n) is 19.0. The summed E-state index contributed by atoms with van der Waals surface area (Å²) in [5.74, 6) is 6.99. The summed E-state index contributed by atoms with van der Waals surface area (Å²) < 4.78 is 31.3. The minimum Gasteiger partial charge on any atom is -0.371 e. The van der Waals surface area contributed by atoms with Crippen molar-refractivity contribution in [2.24, 2.45) is 5.92 Å². The number of hydrogen-bond donors (Lipinski definition) is 2. The molecule has 2 aliphatic rings. The lowest BCUT2D eigenvalue weighted by Crippen LogP contribution is -2.46. The number of anilines is 2. The van der Waals surface area contributed by atoms with Crippen molar-refractivity contribution in [3.8, 4) is 11.8 Å². The summed E-state index contributed by atoms with van der Waals surface area (Å²) in [4.78, 5) is 22.5. The highest BCUT2D eigenvalue weighted by Gasteiger charge is 2.36. The van der Waals surface area contributed by atoms with E-state index >= 15 is 0 Å². The van der Waals surface area contributed by atoms with Crippen molar-refractivity contribution in [1.82, 2.24) is 25.1 Å². The summed E-state index contributed by atoms with van der Waals surface area (Å²) in [6, 6.07) is 5.31. The van der Waals surface area contributed by atoms with Crippen molar-refractivity contribution in [3.63, 3.8) is 0 Å². The molecular formula is C24H23F2N7O2. The standard InChI is InChI=1S/C24H23F2N7O2/c1-27-22-21-19(10-20(31-32-21)30-23(34)16-3-4-16)17(12-29-22)5-7-18-6-2-15(11-28-18)13-33-8-9-35-24(25,26)14-33/h2,6,10-12,16H,3-4,8-9,13-14H2,1H3,(H,27,29)(H,30,31,34). The number of nitrogens with one attached hydrogen (secondary N) is 2. The van der Waals surface area contributed by atoms with Crippen molar-refractivity contribution in [1.29, 1.82) is 0 Å². The average molecular weight is 479 g/mol. The summed E-state index contributed by atoms with van der Waals surface area (Å²) in [7, 11) is 1.74. The number of halogens is 2. The van der Waals surface area contributed by atoms with Crippen LogP contribution in [0.2, 0.25) is 0 Å². The molecule has 4 heterocycles. The largest absolute Gasteiger partial charge is 0.371 e. The van der Waals surface area contributed by atoms with E-state index in [1.165, 1.54) is 0 Å². The van der Waals surface area contributed by atoms with Gasteiger partial charge in [0.2, 0.25) is 5.91 Å². The average Bonchev–Trinajstić information content (AvgIpc) is 3.68. The summed E-state index contributed by atoms with van der Waals surface area (Å²) in [5, 5.41) is 14.8. The molecule has 0 atom stereocenters. The van der Waals surface area contributed by atoms with E-state index in [2.05, 4.69) is 47.4 Å². The summed E-state index contributed by atoms with van der Waals surface area (Å²) in [5.41, 5.74) is 2.48. The number of amides is 1.